The van der Waals surface area contributed by atoms with E-state index in [1.54, 1.807) is 7.11 Å². The molecule has 2 rings (SSSR count). The zero-order valence-electron chi connectivity index (χ0n) is 9.10. The van der Waals surface area contributed by atoms with Crippen LogP contribution in [0.2, 0.25) is 0 Å². The molecule has 1 saturated heterocycles. The van der Waals surface area contributed by atoms with Crippen LogP contribution in [0.1, 0.15) is 24.2 Å². The molecule has 0 amide bonds. The van der Waals surface area contributed by atoms with E-state index in [2.05, 4.69) is 20.2 Å². The van der Waals surface area contributed by atoms with Crippen LogP contribution in [0.25, 0.3) is 0 Å². The van der Waals surface area contributed by atoms with Gasteiger partial charge in [-0.25, -0.2) is 0 Å². The standard InChI is InChI=1S/C9H14N4O2/c1-6-10-9(15-11-6)8-4-7(12-14-3)5-13(8)2/h8H,4-5H2,1-3H3. The highest BCUT2D eigenvalue weighted by Gasteiger charge is 2.32. The molecule has 15 heavy (non-hydrogen) atoms. The van der Waals surface area contributed by atoms with Gasteiger partial charge in [0.15, 0.2) is 5.82 Å². The number of aryl methyl sites for hydroxylation is 1. The number of likely N-dealkylation sites (tertiary alicyclic amines) is 1. The first-order chi connectivity index (χ1) is 7.20. The smallest absolute Gasteiger partial charge is 0.244 e. The minimum absolute atomic E-state index is 0.125. The van der Waals surface area contributed by atoms with E-state index in [-0.39, 0.29) is 6.04 Å². The van der Waals surface area contributed by atoms with Crippen LogP contribution in [0.4, 0.5) is 0 Å². The van der Waals surface area contributed by atoms with Crippen LogP contribution >= 0.6 is 0 Å². The van der Waals surface area contributed by atoms with E-state index < -0.39 is 0 Å². The fourth-order valence-electron chi connectivity index (χ4n) is 1.76. The van der Waals surface area contributed by atoms with Gasteiger partial charge in [-0.15, -0.1) is 0 Å². The summed E-state index contributed by atoms with van der Waals surface area (Å²) in [7, 11) is 3.56. The quantitative estimate of drug-likeness (QED) is 0.674. The third-order valence-electron chi connectivity index (χ3n) is 2.44. The lowest BCUT2D eigenvalue weighted by Gasteiger charge is -2.13. The van der Waals surface area contributed by atoms with E-state index in [1.807, 2.05) is 14.0 Å². The van der Waals surface area contributed by atoms with Gasteiger partial charge in [-0.3, -0.25) is 4.90 Å². The van der Waals surface area contributed by atoms with Crippen LogP contribution in [0.5, 0.6) is 0 Å². The first kappa shape index (κ1) is 10.1. The molecule has 0 saturated carbocycles. The van der Waals surface area contributed by atoms with Crippen molar-refractivity contribution in [3.05, 3.63) is 11.7 Å². The van der Waals surface area contributed by atoms with Gasteiger partial charge in [0, 0.05) is 13.0 Å². The maximum absolute atomic E-state index is 5.15. The van der Waals surface area contributed by atoms with E-state index in [0.29, 0.717) is 11.7 Å². The average Bonchev–Trinajstić information content (AvgIpc) is 2.73. The van der Waals surface area contributed by atoms with Crippen molar-refractivity contribution in [2.45, 2.75) is 19.4 Å². The van der Waals surface area contributed by atoms with Crippen molar-refractivity contribution >= 4 is 5.71 Å². The summed E-state index contributed by atoms with van der Waals surface area (Å²) < 4.78 is 5.15. The summed E-state index contributed by atoms with van der Waals surface area (Å²) in [5.74, 6) is 1.31. The van der Waals surface area contributed by atoms with Gasteiger partial charge < -0.3 is 9.36 Å². The maximum atomic E-state index is 5.15. The molecule has 1 aromatic heterocycles. The molecule has 1 atom stereocenters. The zero-order valence-corrected chi connectivity index (χ0v) is 9.10. The Bertz CT molecular complexity index is 374. The second kappa shape index (κ2) is 3.98. The number of hydrogen-bond acceptors (Lipinski definition) is 6. The molecule has 1 aliphatic heterocycles. The molecule has 1 aromatic rings. The number of rotatable bonds is 2. The lowest BCUT2D eigenvalue weighted by molar-refractivity contribution is 0.212. The molecule has 2 heterocycles. The van der Waals surface area contributed by atoms with Crippen molar-refractivity contribution in [1.82, 2.24) is 15.0 Å². The summed E-state index contributed by atoms with van der Waals surface area (Å²) in [4.78, 5) is 11.1. The molecule has 0 aliphatic carbocycles. The highest BCUT2D eigenvalue weighted by molar-refractivity contribution is 5.88. The number of nitrogens with zero attached hydrogens (tertiary/aromatic N) is 4. The molecule has 0 N–H and O–H groups in total. The van der Waals surface area contributed by atoms with Gasteiger partial charge in [0.25, 0.3) is 0 Å². The highest BCUT2D eigenvalue weighted by Crippen LogP contribution is 2.27. The maximum Gasteiger partial charge on any atom is 0.244 e. The van der Waals surface area contributed by atoms with Gasteiger partial charge in [-0.1, -0.05) is 10.3 Å². The minimum atomic E-state index is 0.125. The molecule has 82 valence electrons. The summed E-state index contributed by atoms with van der Waals surface area (Å²) in [5, 5.41) is 7.72. The Morgan fingerprint density at radius 3 is 3.00 bits per heavy atom. The van der Waals surface area contributed by atoms with Crippen molar-refractivity contribution in [3.8, 4) is 0 Å². The Hall–Kier alpha value is -1.43. The van der Waals surface area contributed by atoms with Crippen molar-refractivity contribution in [2.24, 2.45) is 5.16 Å². The summed E-state index contributed by atoms with van der Waals surface area (Å²) in [6.07, 6.45) is 0.784. The molecular weight excluding hydrogens is 196 g/mol. The summed E-state index contributed by atoms with van der Waals surface area (Å²) in [5.41, 5.74) is 1.00. The Morgan fingerprint density at radius 2 is 2.40 bits per heavy atom. The first-order valence-electron chi connectivity index (χ1n) is 4.80. The fourth-order valence-corrected chi connectivity index (χ4v) is 1.76. The van der Waals surface area contributed by atoms with E-state index >= 15 is 0 Å². The molecule has 0 spiro atoms. The normalized spacial score (nSPS) is 25.0. The van der Waals surface area contributed by atoms with E-state index in [4.69, 9.17) is 9.36 Å². The SMILES string of the molecule is CON=C1CC(c2nc(C)no2)N(C)C1. The van der Waals surface area contributed by atoms with Crippen LogP contribution in [-0.4, -0.2) is 41.5 Å². The van der Waals surface area contributed by atoms with Gasteiger partial charge in [0.1, 0.15) is 7.11 Å². The van der Waals surface area contributed by atoms with Crippen LogP contribution in [0, 0.1) is 6.92 Å². The van der Waals surface area contributed by atoms with Gasteiger partial charge in [0.2, 0.25) is 5.89 Å². The molecule has 1 aliphatic rings. The topological polar surface area (TPSA) is 63.8 Å². The average molecular weight is 210 g/mol. The molecule has 0 radical (unpaired) electrons. The van der Waals surface area contributed by atoms with E-state index in [1.165, 1.54) is 0 Å². The minimum Gasteiger partial charge on any atom is -0.399 e. The van der Waals surface area contributed by atoms with Gasteiger partial charge in [-0.2, -0.15) is 4.98 Å². The zero-order chi connectivity index (χ0) is 10.8. The number of oxime groups is 1. The van der Waals surface area contributed by atoms with Crippen molar-refractivity contribution in [3.63, 3.8) is 0 Å². The van der Waals surface area contributed by atoms with Crippen LogP contribution in [0.15, 0.2) is 9.68 Å². The summed E-state index contributed by atoms with van der Waals surface area (Å²) in [6, 6.07) is 0.125. The Kier molecular flexibility index (Phi) is 2.68. The molecule has 1 fully saturated rings. The van der Waals surface area contributed by atoms with E-state index in [0.717, 1.165) is 18.7 Å². The number of aromatic nitrogens is 2. The van der Waals surface area contributed by atoms with Gasteiger partial charge in [-0.05, 0) is 14.0 Å². The highest BCUT2D eigenvalue weighted by atomic mass is 16.6. The van der Waals surface area contributed by atoms with Crippen molar-refractivity contribution < 1.29 is 9.36 Å². The van der Waals surface area contributed by atoms with Gasteiger partial charge >= 0.3 is 0 Å². The summed E-state index contributed by atoms with van der Waals surface area (Å²) in [6.45, 7) is 2.59. The van der Waals surface area contributed by atoms with Gasteiger partial charge in [0.05, 0.1) is 11.8 Å². The lowest BCUT2D eigenvalue weighted by Crippen LogP contribution is -2.18. The molecule has 0 bridgehead atoms. The van der Waals surface area contributed by atoms with Crippen LogP contribution in [-0.2, 0) is 4.84 Å². The third-order valence-corrected chi connectivity index (χ3v) is 2.44. The molecule has 1 unspecified atom stereocenters. The van der Waals surface area contributed by atoms with Crippen molar-refractivity contribution in [1.29, 1.82) is 0 Å². The Morgan fingerprint density at radius 1 is 1.60 bits per heavy atom. The second-order valence-electron chi connectivity index (χ2n) is 3.65. The Labute approximate surface area is 87.9 Å². The number of hydrogen-bond donors (Lipinski definition) is 0. The molecule has 6 nitrogen and oxygen atoms in total. The second-order valence-corrected chi connectivity index (χ2v) is 3.65. The molecular formula is C9H14N4O2. The third kappa shape index (κ3) is 1.99. The summed E-state index contributed by atoms with van der Waals surface area (Å²) >= 11 is 0. The van der Waals surface area contributed by atoms with Crippen LogP contribution in [0.3, 0.4) is 0 Å². The lowest BCUT2D eigenvalue weighted by atomic mass is 10.2. The predicted molar refractivity (Wildman–Crippen MR) is 53.5 cm³/mol. The fraction of sp³-hybridized carbons (Fsp3) is 0.667. The molecule has 0 aromatic carbocycles. The van der Waals surface area contributed by atoms with Crippen molar-refractivity contribution in [2.75, 3.05) is 20.7 Å². The predicted octanol–water partition coefficient (Wildman–Crippen LogP) is 0.757. The largest absolute Gasteiger partial charge is 0.399 e. The van der Waals surface area contributed by atoms with E-state index in [9.17, 15) is 0 Å². The first-order valence-corrected chi connectivity index (χ1v) is 4.80. The monoisotopic (exact) mass is 210 g/mol. The molecule has 6 heteroatoms. The van der Waals surface area contributed by atoms with Crippen LogP contribution < -0.4 is 0 Å². The Balaban J connectivity index is 2.15.